The van der Waals surface area contributed by atoms with Crippen molar-refractivity contribution in [3.8, 4) is 0 Å². The van der Waals surface area contributed by atoms with Crippen LogP contribution in [0.25, 0.3) is 5.70 Å². The Hall–Kier alpha value is -2.87. The van der Waals surface area contributed by atoms with Gasteiger partial charge in [-0.15, -0.1) is 0 Å². The number of Topliss-reactive ketones (excluding diaryl/α,β-unsaturated/α-hetero) is 1. The van der Waals surface area contributed by atoms with Gasteiger partial charge in [-0.05, 0) is 41.3 Å². The van der Waals surface area contributed by atoms with Crippen molar-refractivity contribution in [3.05, 3.63) is 76.6 Å². The number of nitrogens with zero attached hydrogens (tertiary/aromatic N) is 2. The van der Waals surface area contributed by atoms with E-state index in [1.165, 1.54) is 29.2 Å². The van der Waals surface area contributed by atoms with Crippen molar-refractivity contribution >= 4 is 17.4 Å². The standard InChI is InChI=1S/C26H29FN2O4/c1-17(2)18-3-5-19(6-4-18)23-22(24(30)20-7-9-21(27)10-8-20)25(31)26(32)29(23)12-11-28-13-15-33-16-14-28/h3-10,17,25,31H,11-16H2,1-2H3. The fraction of sp³-hybridized carbons (Fsp3) is 0.385. The van der Waals surface area contributed by atoms with Crippen LogP contribution in [0.15, 0.2) is 54.1 Å². The summed E-state index contributed by atoms with van der Waals surface area (Å²) in [4.78, 5) is 30.2. The van der Waals surface area contributed by atoms with E-state index in [0.29, 0.717) is 43.5 Å². The molecule has 0 spiro atoms. The predicted molar refractivity (Wildman–Crippen MR) is 123 cm³/mol. The smallest absolute Gasteiger partial charge is 0.260 e. The van der Waals surface area contributed by atoms with Gasteiger partial charge in [-0.1, -0.05) is 38.1 Å². The van der Waals surface area contributed by atoms with Gasteiger partial charge in [-0.25, -0.2) is 4.39 Å². The normalized spacial score (nSPS) is 19.6. The summed E-state index contributed by atoms with van der Waals surface area (Å²) in [6.07, 6.45) is -1.56. The van der Waals surface area contributed by atoms with Crippen LogP contribution in [-0.4, -0.2) is 72.1 Å². The van der Waals surface area contributed by atoms with E-state index in [2.05, 4.69) is 18.7 Å². The average Bonchev–Trinajstić information content (AvgIpc) is 3.08. The molecule has 174 valence electrons. The molecule has 2 aliphatic rings. The molecule has 1 N–H and O–H groups in total. The zero-order chi connectivity index (χ0) is 23.5. The minimum absolute atomic E-state index is 0.0332. The van der Waals surface area contributed by atoms with Crippen molar-refractivity contribution < 1.29 is 23.8 Å². The third-order valence-corrected chi connectivity index (χ3v) is 6.24. The van der Waals surface area contributed by atoms with Crippen LogP contribution in [0.3, 0.4) is 0 Å². The van der Waals surface area contributed by atoms with Crippen molar-refractivity contribution in [2.24, 2.45) is 0 Å². The van der Waals surface area contributed by atoms with Crippen LogP contribution in [0.2, 0.25) is 0 Å². The van der Waals surface area contributed by atoms with Crippen LogP contribution >= 0.6 is 0 Å². The zero-order valence-electron chi connectivity index (χ0n) is 19.0. The lowest BCUT2D eigenvalue weighted by molar-refractivity contribution is -0.133. The van der Waals surface area contributed by atoms with E-state index in [-0.39, 0.29) is 11.1 Å². The lowest BCUT2D eigenvalue weighted by atomic mass is 9.95. The minimum atomic E-state index is -1.56. The Labute approximate surface area is 193 Å². The quantitative estimate of drug-likeness (QED) is 0.654. The van der Waals surface area contributed by atoms with Crippen molar-refractivity contribution in [1.82, 2.24) is 9.80 Å². The molecule has 6 nitrogen and oxygen atoms in total. The molecule has 0 bridgehead atoms. The van der Waals surface area contributed by atoms with Gasteiger partial charge < -0.3 is 14.7 Å². The molecule has 4 rings (SSSR count). The Balaban J connectivity index is 1.73. The molecule has 2 aromatic rings. The van der Waals surface area contributed by atoms with Crippen LogP contribution in [0.4, 0.5) is 4.39 Å². The molecule has 1 unspecified atom stereocenters. The molecule has 2 heterocycles. The number of benzene rings is 2. The summed E-state index contributed by atoms with van der Waals surface area (Å²) in [7, 11) is 0. The van der Waals surface area contributed by atoms with Gasteiger partial charge in [0.1, 0.15) is 5.82 Å². The Morgan fingerprint density at radius 1 is 1.06 bits per heavy atom. The molecule has 0 aromatic heterocycles. The molecule has 1 amide bonds. The number of amides is 1. The topological polar surface area (TPSA) is 70.1 Å². The highest BCUT2D eigenvalue weighted by Crippen LogP contribution is 2.35. The molecule has 7 heteroatoms. The fourth-order valence-corrected chi connectivity index (χ4v) is 4.27. The highest BCUT2D eigenvalue weighted by Gasteiger charge is 2.42. The summed E-state index contributed by atoms with van der Waals surface area (Å²) in [5, 5.41) is 10.8. The van der Waals surface area contributed by atoms with Crippen LogP contribution in [0, 0.1) is 5.82 Å². The van der Waals surface area contributed by atoms with Gasteiger partial charge in [-0.2, -0.15) is 0 Å². The maximum absolute atomic E-state index is 13.4. The molecule has 1 fully saturated rings. The first-order chi connectivity index (χ1) is 15.9. The molecule has 0 radical (unpaired) electrons. The van der Waals surface area contributed by atoms with E-state index in [4.69, 9.17) is 4.74 Å². The Bertz CT molecular complexity index is 1040. The first-order valence-corrected chi connectivity index (χ1v) is 11.3. The molecule has 2 aliphatic heterocycles. The molecular weight excluding hydrogens is 423 g/mol. The lowest BCUT2D eigenvalue weighted by Gasteiger charge is -2.29. The number of ether oxygens (including phenoxy) is 1. The molecule has 1 atom stereocenters. The van der Waals surface area contributed by atoms with Gasteiger partial charge in [0.25, 0.3) is 5.91 Å². The average molecular weight is 453 g/mol. The van der Waals surface area contributed by atoms with E-state index in [9.17, 15) is 19.1 Å². The second-order valence-electron chi connectivity index (χ2n) is 8.72. The highest BCUT2D eigenvalue weighted by molar-refractivity contribution is 6.20. The summed E-state index contributed by atoms with van der Waals surface area (Å²) in [5.41, 5.74) is 2.51. The monoisotopic (exact) mass is 452 g/mol. The van der Waals surface area contributed by atoms with Crippen LogP contribution < -0.4 is 0 Å². The second kappa shape index (κ2) is 9.95. The van der Waals surface area contributed by atoms with Gasteiger partial charge in [0, 0.05) is 31.7 Å². The second-order valence-corrected chi connectivity index (χ2v) is 8.72. The van der Waals surface area contributed by atoms with Gasteiger partial charge in [0.05, 0.1) is 24.5 Å². The highest BCUT2D eigenvalue weighted by atomic mass is 19.1. The SMILES string of the molecule is CC(C)c1ccc(C2=C(C(=O)c3ccc(F)cc3)C(O)C(=O)N2CCN2CCOCC2)cc1. The van der Waals surface area contributed by atoms with Gasteiger partial charge in [0.2, 0.25) is 0 Å². The largest absolute Gasteiger partial charge is 0.379 e. The van der Waals surface area contributed by atoms with Crippen LogP contribution in [0.1, 0.15) is 41.3 Å². The molecule has 1 saturated heterocycles. The van der Waals surface area contributed by atoms with Crippen LogP contribution in [0.5, 0.6) is 0 Å². The van der Waals surface area contributed by atoms with Gasteiger partial charge in [0.15, 0.2) is 11.9 Å². The number of morpholine rings is 1. The number of aliphatic hydroxyl groups is 1. The fourth-order valence-electron chi connectivity index (χ4n) is 4.27. The number of halogens is 1. The number of ketones is 1. The maximum Gasteiger partial charge on any atom is 0.260 e. The molecule has 0 aliphatic carbocycles. The van der Waals surface area contributed by atoms with E-state index in [0.717, 1.165) is 18.7 Å². The third kappa shape index (κ3) is 4.90. The van der Waals surface area contributed by atoms with E-state index < -0.39 is 23.6 Å². The first-order valence-electron chi connectivity index (χ1n) is 11.3. The number of carbonyl (C=O) groups excluding carboxylic acids is 2. The summed E-state index contributed by atoms with van der Waals surface area (Å²) >= 11 is 0. The molecule has 33 heavy (non-hydrogen) atoms. The Morgan fingerprint density at radius 2 is 1.70 bits per heavy atom. The summed E-state index contributed by atoms with van der Waals surface area (Å²) in [5.74, 6) is -1.12. The van der Waals surface area contributed by atoms with Gasteiger partial charge >= 0.3 is 0 Å². The number of carbonyl (C=O) groups is 2. The number of hydrogen-bond donors (Lipinski definition) is 1. The zero-order valence-corrected chi connectivity index (χ0v) is 19.0. The van der Waals surface area contributed by atoms with Crippen molar-refractivity contribution in [2.45, 2.75) is 25.9 Å². The predicted octanol–water partition coefficient (Wildman–Crippen LogP) is 3.08. The molecule has 2 aromatic carbocycles. The van der Waals surface area contributed by atoms with Crippen molar-refractivity contribution in [2.75, 3.05) is 39.4 Å². The van der Waals surface area contributed by atoms with Crippen LogP contribution in [-0.2, 0) is 9.53 Å². The maximum atomic E-state index is 13.4. The molecular formula is C26H29FN2O4. The van der Waals surface area contributed by atoms with E-state index in [1.807, 2.05) is 24.3 Å². The lowest BCUT2D eigenvalue weighted by Crippen LogP contribution is -2.42. The summed E-state index contributed by atoms with van der Waals surface area (Å²) < 4.78 is 18.8. The number of hydrogen-bond acceptors (Lipinski definition) is 5. The summed E-state index contributed by atoms with van der Waals surface area (Å²) in [6.45, 7) is 7.96. The summed E-state index contributed by atoms with van der Waals surface area (Å²) in [6, 6.07) is 12.9. The Morgan fingerprint density at radius 3 is 2.30 bits per heavy atom. The minimum Gasteiger partial charge on any atom is -0.379 e. The van der Waals surface area contributed by atoms with Gasteiger partial charge in [-0.3, -0.25) is 14.5 Å². The van der Waals surface area contributed by atoms with E-state index >= 15 is 0 Å². The van der Waals surface area contributed by atoms with Crippen molar-refractivity contribution in [3.63, 3.8) is 0 Å². The number of aliphatic hydroxyl groups excluding tert-OH is 1. The molecule has 0 saturated carbocycles. The van der Waals surface area contributed by atoms with E-state index in [1.54, 1.807) is 0 Å². The van der Waals surface area contributed by atoms with Crippen molar-refractivity contribution in [1.29, 1.82) is 0 Å². The Kier molecular flexibility index (Phi) is 7.02. The number of rotatable bonds is 7. The first kappa shape index (κ1) is 23.3. The third-order valence-electron chi connectivity index (χ3n) is 6.24.